The summed E-state index contributed by atoms with van der Waals surface area (Å²) in [6.45, 7) is 6.82. The molecule has 3 rings (SSSR count). The summed E-state index contributed by atoms with van der Waals surface area (Å²) in [7, 11) is -0.361. The number of nitrogens with one attached hydrogen (secondary N) is 1. The van der Waals surface area contributed by atoms with E-state index in [4.69, 9.17) is 4.74 Å². The molecule has 1 aromatic carbocycles. The molecule has 1 N–H and O–H groups in total. The summed E-state index contributed by atoms with van der Waals surface area (Å²) in [5, 5.41) is 3.20. The fourth-order valence-electron chi connectivity index (χ4n) is 3.96. The number of rotatable bonds is 4. The molecule has 2 heterocycles. The van der Waals surface area contributed by atoms with Crippen LogP contribution in [0.3, 0.4) is 0 Å². The summed E-state index contributed by atoms with van der Waals surface area (Å²) in [5.41, 5.74) is 1.77. The van der Waals surface area contributed by atoms with Gasteiger partial charge in [-0.1, -0.05) is 12.1 Å². The van der Waals surface area contributed by atoms with Crippen molar-refractivity contribution < 1.29 is 17.9 Å². The first kappa shape index (κ1) is 21.1. The summed E-state index contributed by atoms with van der Waals surface area (Å²) in [5.74, 6) is 0.651. The van der Waals surface area contributed by atoms with Crippen molar-refractivity contribution in [3.63, 3.8) is 0 Å². The van der Waals surface area contributed by atoms with E-state index in [1.165, 1.54) is 22.7 Å². The van der Waals surface area contributed by atoms with Gasteiger partial charge in [-0.05, 0) is 45.2 Å². The highest BCUT2D eigenvalue weighted by Gasteiger charge is 2.37. The molecular weight excluding hydrogens is 378 g/mol. The van der Waals surface area contributed by atoms with Gasteiger partial charge >= 0.3 is 0 Å². The van der Waals surface area contributed by atoms with Gasteiger partial charge in [0.2, 0.25) is 5.91 Å². The number of carbonyl (C=O) groups is 1. The molecule has 0 spiro atoms. The molecule has 156 valence electrons. The average Bonchev–Trinajstić information content (AvgIpc) is 2.60. The minimum absolute atomic E-state index is 0.00359. The van der Waals surface area contributed by atoms with Crippen molar-refractivity contribution in [3.05, 3.63) is 29.3 Å². The monoisotopic (exact) mass is 409 g/mol. The number of carbonyl (C=O) groups excluding carboxylic acids is 1. The Bertz CT molecular complexity index is 843. The molecule has 2 aliphatic heterocycles. The van der Waals surface area contributed by atoms with E-state index in [2.05, 4.69) is 5.32 Å². The molecule has 1 fully saturated rings. The normalized spacial score (nSPS) is 23.1. The van der Waals surface area contributed by atoms with E-state index in [-0.39, 0.29) is 23.5 Å². The number of aryl methyl sites for hydroxylation is 1. The van der Waals surface area contributed by atoms with E-state index in [0.717, 1.165) is 16.9 Å². The molecule has 0 radical (unpaired) electrons. The number of hydrogen-bond donors (Lipinski definition) is 1. The quantitative estimate of drug-likeness (QED) is 0.827. The number of amides is 1. The van der Waals surface area contributed by atoms with Crippen LogP contribution in [0.25, 0.3) is 0 Å². The predicted molar refractivity (Wildman–Crippen MR) is 108 cm³/mol. The maximum Gasteiger partial charge on any atom is 0.281 e. The van der Waals surface area contributed by atoms with Gasteiger partial charge in [0.25, 0.3) is 10.2 Å². The first-order valence-corrected chi connectivity index (χ1v) is 11.2. The van der Waals surface area contributed by atoms with Crippen molar-refractivity contribution >= 4 is 16.1 Å². The van der Waals surface area contributed by atoms with Gasteiger partial charge in [0, 0.05) is 45.1 Å². The lowest BCUT2D eigenvalue weighted by molar-refractivity contribution is -0.127. The number of hydrogen-bond acceptors (Lipinski definition) is 4. The topological polar surface area (TPSA) is 79.0 Å². The van der Waals surface area contributed by atoms with Crippen LogP contribution in [0.4, 0.5) is 0 Å². The fourth-order valence-corrected chi connectivity index (χ4v) is 5.09. The highest BCUT2D eigenvalue weighted by molar-refractivity contribution is 7.86. The number of ether oxygens (including phenoxy) is 1. The Balaban J connectivity index is 1.68. The van der Waals surface area contributed by atoms with Crippen LogP contribution in [0.1, 0.15) is 50.3 Å². The summed E-state index contributed by atoms with van der Waals surface area (Å²) < 4.78 is 33.3. The van der Waals surface area contributed by atoms with E-state index < -0.39 is 10.2 Å². The largest absolute Gasteiger partial charge is 0.487 e. The highest BCUT2D eigenvalue weighted by Crippen LogP contribution is 2.40. The van der Waals surface area contributed by atoms with Crippen molar-refractivity contribution in [2.24, 2.45) is 5.92 Å². The standard InChI is InChI=1S/C20H31N3O4S/c1-14-6-7-16-17(13-20(2,3)27-18(16)12-14)21-19(24)15-8-10-23(11-9-15)28(25,26)22(4)5/h6-7,12,15,17H,8-11,13H2,1-5H3,(H,21,24)/t17-/m0/s1. The third kappa shape index (κ3) is 4.34. The Morgan fingerprint density at radius 3 is 2.50 bits per heavy atom. The van der Waals surface area contributed by atoms with Crippen LogP contribution in [0.2, 0.25) is 0 Å². The molecule has 1 aromatic rings. The van der Waals surface area contributed by atoms with Crippen LogP contribution in [0, 0.1) is 12.8 Å². The fraction of sp³-hybridized carbons (Fsp3) is 0.650. The Labute approximate surface area is 168 Å². The second-order valence-electron chi connectivity index (χ2n) is 8.63. The van der Waals surface area contributed by atoms with Gasteiger partial charge in [0.05, 0.1) is 6.04 Å². The zero-order valence-corrected chi connectivity index (χ0v) is 18.2. The Hall–Kier alpha value is -1.64. The third-order valence-corrected chi connectivity index (χ3v) is 7.50. The molecule has 1 saturated heterocycles. The molecular formula is C20H31N3O4S. The smallest absolute Gasteiger partial charge is 0.281 e. The SMILES string of the molecule is Cc1ccc2c(c1)OC(C)(C)C[C@@H]2NC(=O)C1CCN(S(=O)(=O)N(C)C)CC1. The van der Waals surface area contributed by atoms with Gasteiger partial charge in [-0.15, -0.1) is 0 Å². The van der Waals surface area contributed by atoms with Crippen LogP contribution in [0.5, 0.6) is 5.75 Å². The zero-order chi connectivity index (χ0) is 20.7. The molecule has 7 nitrogen and oxygen atoms in total. The third-order valence-electron chi connectivity index (χ3n) is 5.56. The number of piperidine rings is 1. The van der Waals surface area contributed by atoms with Crippen molar-refractivity contribution in [1.82, 2.24) is 13.9 Å². The summed E-state index contributed by atoms with van der Waals surface area (Å²) in [4.78, 5) is 12.9. The first-order valence-electron chi connectivity index (χ1n) is 9.77. The molecule has 0 aliphatic carbocycles. The molecule has 1 atom stereocenters. The second-order valence-corrected chi connectivity index (χ2v) is 10.8. The van der Waals surface area contributed by atoms with E-state index in [0.29, 0.717) is 32.4 Å². The Kier molecular flexibility index (Phi) is 5.76. The van der Waals surface area contributed by atoms with Gasteiger partial charge < -0.3 is 10.1 Å². The van der Waals surface area contributed by atoms with Gasteiger partial charge in [-0.3, -0.25) is 4.79 Å². The summed E-state index contributed by atoms with van der Waals surface area (Å²) >= 11 is 0. The van der Waals surface area contributed by atoms with Gasteiger partial charge in [-0.25, -0.2) is 0 Å². The molecule has 0 bridgehead atoms. The van der Waals surface area contributed by atoms with Gasteiger partial charge in [0.15, 0.2) is 0 Å². The molecule has 8 heteroatoms. The predicted octanol–water partition coefficient (Wildman–Crippen LogP) is 2.23. The van der Waals surface area contributed by atoms with Crippen LogP contribution in [-0.2, 0) is 15.0 Å². The van der Waals surface area contributed by atoms with E-state index in [1.54, 1.807) is 0 Å². The highest BCUT2D eigenvalue weighted by atomic mass is 32.2. The van der Waals surface area contributed by atoms with E-state index >= 15 is 0 Å². The maximum atomic E-state index is 12.9. The van der Waals surface area contributed by atoms with Crippen LogP contribution < -0.4 is 10.1 Å². The molecule has 0 saturated carbocycles. The van der Waals surface area contributed by atoms with E-state index in [1.807, 2.05) is 39.0 Å². The van der Waals surface area contributed by atoms with Crippen molar-refractivity contribution in [1.29, 1.82) is 0 Å². The van der Waals surface area contributed by atoms with Gasteiger partial charge in [-0.2, -0.15) is 17.0 Å². The molecule has 0 aromatic heterocycles. The lowest BCUT2D eigenvalue weighted by atomic mass is 9.88. The number of nitrogens with zero attached hydrogens (tertiary/aromatic N) is 2. The zero-order valence-electron chi connectivity index (χ0n) is 17.4. The molecule has 0 unspecified atom stereocenters. The van der Waals surface area contributed by atoms with Gasteiger partial charge in [0.1, 0.15) is 11.4 Å². The first-order chi connectivity index (χ1) is 13.0. The average molecular weight is 410 g/mol. The van der Waals surface area contributed by atoms with E-state index in [9.17, 15) is 13.2 Å². The molecule has 1 amide bonds. The summed E-state index contributed by atoms with van der Waals surface area (Å²) in [6.07, 6.45) is 1.77. The molecule has 28 heavy (non-hydrogen) atoms. The van der Waals surface area contributed by atoms with Crippen molar-refractivity contribution in [2.45, 2.75) is 51.7 Å². The minimum Gasteiger partial charge on any atom is -0.487 e. The molecule has 2 aliphatic rings. The van der Waals surface area contributed by atoms with Crippen molar-refractivity contribution in [2.75, 3.05) is 27.2 Å². The number of fused-ring (bicyclic) bond motifs is 1. The van der Waals surface area contributed by atoms with Crippen molar-refractivity contribution in [3.8, 4) is 5.75 Å². The second kappa shape index (κ2) is 7.65. The van der Waals surface area contributed by atoms with Crippen LogP contribution >= 0.6 is 0 Å². The lowest BCUT2D eigenvalue weighted by Crippen LogP contribution is -2.48. The number of benzene rings is 1. The van der Waals surface area contributed by atoms with Crippen LogP contribution in [0.15, 0.2) is 18.2 Å². The maximum absolute atomic E-state index is 12.9. The Morgan fingerprint density at radius 1 is 1.25 bits per heavy atom. The Morgan fingerprint density at radius 2 is 1.89 bits per heavy atom. The lowest BCUT2D eigenvalue weighted by Gasteiger charge is -2.39. The summed E-state index contributed by atoms with van der Waals surface area (Å²) in [6, 6.07) is 5.97. The van der Waals surface area contributed by atoms with Crippen LogP contribution in [-0.4, -0.2) is 55.7 Å². The minimum atomic E-state index is -3.42.